The van der Waals surface area contributed by atoms with Crippen molar-refractivity contribution in [2.45, 2.75) is 25.7 Å². The summed E-state index contributed by atoms with van der Waals surface area (Å²) in [5.41, 5.74) is 0.594. The molecule has 0 bridgehead atoms. The van der Waals surface area contributed by atoms with Gasteiger partial charge in [0, 0.05) is 0 Å². The molecule has 2 aromatic rings. The Kier molecular flexibility index (Phi) is 7.14. The van der Waals surface area contributed by atoms with Crippen molar-refractivity contribution in [2.75, 3.05) is 0 Å². The molecule has 0 aliphatic heterocycles. The summed E-state index contributed by atoms with van der Waals surface area (Å²) in [6.07, 6.45) is 3.77. The van der Waals surface area contributed by atoms with Gasteiger partial charge in [0.05, 0.1) is 25.3 Å². The third-order valence-electron chi connectivity index (χ3n) is 5.19. The number of nitriles is 2. The molecule has 0 spiro atoms. The largest absolute Gasteiger partial charge is 0.269 e. The van der Waals surface area contributed by atoms with E-state index in [9.17, 15) is 10.5 Å². The Morgan fingerprint density at radius 2 is 1.27 bits per heavy atom. The first-order chi connectivity index (χ1) is 14.7. The molecule has 1 saturated carbocycles. The van der Waals surface area contributed by atoms with Crippen molar-refractivity contribution in [1.29, 1.82) is 10.5 Å². The van der Waals surface area contributed by atoms with Gasteiger partial charge in [-0.15, -0.1) is 0 Å². The highest BCUT2D eigenvalue weighted by Gasteiger charge is 2.33. The smallest absolute Gasteiger partial charge is 0.226 e. The molecule has 3 rings (SSSR count). The first-order valence-corrected chi connectivity index (χ1v) is 11.0. The maximum Gasteiger partial charge on any atom is 0.269 e. The SMILES string of the molecule is [C-]#[N+]/C(C#N)=C(\C(=C(/C#N)[N+]#[C-])P(c1ccccc1)c1ccccc1)C1CCCC1. The van der Waals surface area contributed by atoms with Gasteiger partial charge in [0.25, 0.3) is 11.4 Å². The predicted molar refractivity (Wildman–Crippen MR) is 120 cm³/mol. The number of nitrogens with zero attached hydrogens (tertiary/aromatic N) is 4. The Bertz CT molecular complexity index is 1060. The monoisotopic (exact) mass is 406 g/mol. The van der Waals surface area contributed by atoms with Crippen LogP contribution in [-0.4, -0.2) is 0 Å². The molecule has 144 valence electrons. The molecule has 0 atom stereocenters. The lowest BCUT2D eigenvalue weighted by molar-refractivity contribution is 0.652. The van der Waals surface area contributed by atoms with Crippen molar-refractivity contribution in [3.05, 3.63) is 106 Å². The van der Waals surface area contributed by atoms with Gasteiger partial charge in [-0.1, -0.05) is 73.5 Å². The van der Waals surface area contributed by atoms with E-state index in [1.807, 2.05) is 60.7 Å². The van der Waals surface area contributed by atoms with Crippen LogP contribution in [0.2, 0.25) is 0 Å². The molecule has 1 fully saturated rings. The Hall–Kier alpha value is -3.69. The fraction of sp³-hybridized carbons (Fsp3) is 0.200. The summed E-state index contributed by atoms with van der Waals surface area (Å²) in [5, 5.41) is 22.2. The average Bonchev–Trinajstić information content (AvgIpc) is 3.33. The zero-order valence-corrected chi connectivity index (χ0v) is 17.3. The van der Waals surface area contributed by atoms with E-state index >= 15 is 0 Å². The van der Waals surface area contributed by atoms with Crippen LogP contribution in [0.25, 0.3) is 9.69 Å². The number of rotatable bonds is 5. The van der Waals surface area contributed by atoms with Crippen molar-refractivity contribution in [3.8, 4) is 12.1 Å². The second-order valence-corrected chi connectivity index (χ2v) is 9.05. The van der Waals surface area contributed by atoms with Crippen molar-refractivity contribution in [3.63, 3.8) is 0 Å². The van der Waals surface area contributed by atoms with Crippen molar-refractivity contribution in [1.82, 2.24) is 0 Å². The fourth-order valence-corrected chi connectivity index (χ4v) is 6.50. The minimum atomic E-state index is -1.27. The zero-order valence-electron chi connectivity index (χ0n) is 16.4. The second kappa shape index (κ2) is 10.2. The van der Waals surface area contributed by atoms with E-state index in [0.29, 0.717) is 10.9 Å². The summed E-state index contributed by atoms with van der Waals surface area (Å²) >= 11 is 0. The number of hydrogen-bond acceptors (Lipinski definition) is 2. The van der Waals surface area contributed by atoms with Crippen LogP contribution in [0, 0.1) is 41.7 Å². The molecule has 5 heteroatoms. The molecule has 0 N–H and O–H groups in total. The van der Waals surface area contributed by atoms with Gasteiger partial charge in [0.2, 0.25) is 0 Å². The molecular weight excluding hydrogens is 387 g/mol. The Labute approximate surface area is 178 Å². The second-order valence-electron chi connectivity index (χ2n) is 6.89. The van der Waals surface area contributed by atoms with E-state index < -0.39 is 7.92 Å². The lowest BCUT2D eigenvalue weighted by Gasteiger charge is -2.28. The van der Waals surface area contributed by atoms with Crippen molar-refractivity contribution in [2.24, 2.45) is 5.92 Å². The summed E-state index contributed by atoms with van der Waals surface area (Å²) in [5.74, 6) is 0.0197. The number of benzene rings is 2. The van der Waals surface area contributed by atoms with Gasteiger partial charge >= 0.3 is 0 Å². The Morgan fingerprint density at radius 1 is 0.800 bits per heavy atom. The van der Waals surface area contributed by atoms with Gasteiger partial charge in [-0.3, -0.25) is 0 Å². The van der Waals surface area contributed by atoms with Crippen LogP contribution >= 0.6 is 7.92 Å². The third-order valence-corrected chi connectivity index (χ3v) is 7.71. The Morgan fingerprint density at radius 3 is 1.67 bits per heavy atom. The Balaban J connectivity index is 2.40. The summed E-state index contributed by atoms with van der Waals surface area (Å²) in [6.45, 7) is 15.3. The minimum Gasteiger partial charge on any atom is -0.226 e. The van der Waals surface area contributed by atoms with E-state index in [2.05, 4.69) is 21.8 Å². The lowest BCUT2D eigenvalue weighted by Crippen LogP contribution is -2.17. The summed E-state index contributed by atoms with van der Waals surface area (Å²) in [6, 6.07) is 23.7. The van der Waals surface area contributed by atoms with Crippen LogP contribution in [-0.2, 0) is 0 Å². The highest BCUT2D eigenvalue weighted by Crippen LogP contribution is 2.53. The lowest BCUT2D eigenvalue weighted by atomic mass is 9.94. The van der Waals surface area contributed by atoms with E-state index in [1.165, 1.54) is 0 Å². The number of hydrogen-bond donors (Lipinski definition) is 0. The molecule has 0 radical (unpaired) electrons. The molecule has 4 nitrogen and oxygen atoms in total. The standard InChI is InChI=1S/C25H19N4P/c1-28-22(17-26)24(19-11-9-10-12-19)25(23(18-27)29-2)30(20-13-5-3-6-14-20)21-15-7-4-8-16-21/h3-8,13-16,19H,9-12H2/b24-22-,25-23-. The molecular formula is C25H19N4P. The van der Waals surface area contributed by atoms with Gasteiger partial charge in [-0.05, 0) is 48.2 Å². The summed E-state index contributed by atoms with van der Waals surface area (Å²) < 4.78 is 0. The summed E-state index contributed by atoms with van der Waals surface area (Å²) in [7, 11) is -1.27. The molecule has 0 saturated heterocycles. The predicted octanol–water partition coefficient (Wildman–Crippen LogP) is 5.66. The third kappa shape index (κ3) is 4.32. The van der Waals surface area contributed by atoms with Gasteiger partial charge < -0.3 is 0 Å². The molecule has 1 aliphatic rings. The highest BCUT2D eigenvalue weighted by atomic mass is 31.1. The summed E-state index contributed by atoms with van der Waals surface area (Å²) in [4.78, 5) is 7.09. The highest BCUT2D eigenvalue weighted by molar-refractivity contribution is 7.77. The molecule has 1 aliphatic carbocycles. The van der Waals surface area contributed by atoms with Crippen LogP contribution in [0.1, 0.15) is 25.7 Å². The first kappa shape index (κ1) is 21.0. The van der Waals surface area contributed by atoms with Crippen LogP contribution in [0.15, 0.2) is 82.9 Å². The number of allylic oxidation sites excluding steroid dienone is 4. The molecule has 2 aromatic carbocycles. The average molecular weight is 406 g/mol. The van der Waals surface area contributed by atoms with Crippen LogP contribution in [0.3, 0.4) is 0 Å². The van der Waals surface area contributed by atoms with E-state index in [0.717, 1.165) is 36.3 Å². The molecule has 30 heavy (non-hydrogen) atoms. The van der Waals surface area contributed by atoms with E-state index in [1.54, 1.807) is 0 Å². The normalized spacial score (nSPS) is 15.2. The quantitative estimate of drug-likeness (QED) is 0.278. The molecule has 0 amide bonds. The maximum absolute atomic E-state index is 9.86. The van der Waals surface area contributed by atoms with Crippen LogP contribution < -0.4 is 10.6 Å². The molecule has 0 aromatic heterocycles. The zero-order chi connectivity index (χ0) is 21.3. The molecule has 0 heterocycles. The van der Waals surface area contributed by atoms with Gasteiger partial charge in [0.1, 0.15) is 0 Å². The van der Waals surface area contributed by atoms with Gasteiger partial charge in [-0.25, -0.2) is 20.2 Å². The van der Waals surface area contributed by atoms with Crippen LogP contribution in [0.5, 0.6) is 0 Å². The van der Waals surface area contributed by atoms with E-state index in [4.69, 9.17) is 13.1 Å². The van der Waals surface area contributed by atoms with Crippen molar-refractivity contribution < 1.29 is 0 Å². The van der Waals surface area contributed by atoms with Gasteiger partial charge in [0.15, 0.2) is 0 Å². The van der Waals surface area contributed by atoms with E-state index in [-0.39, 0.29) is 17.3 Å². The van der Waals surface area contributed by atoms with Crippen LogP contribution in [0.4, 0.5) is 0 Å². The fourth-order valence-electron chi connectivity index (χ4n) is 3.91. The molecule has 0 unspecified atom stereocenters. The van der Waals surface area contributed by atoms with Crippen molar-refractivity contribution >= 4 is 18.5 Å². The first-order valence-electron chi connectivity index (χ1n) is 9.69. The van der Waals surface area contributed by atoms with Gasteiger partial charge in [-0.2, -0.15) is 0 Å². The topological polar surface area (TPSA) is 56.3 Å². The minimum absolute atomic E-state index is 0.00709. The maximum atomic E-state index is 9.86.